The number of likely N-dealkylation sites (tertiary alicyclic amines) is 1. The molecule has 2 aromatic rings. The Balaban J connectivity index is 1.40. The van der Waals surface area contributed by atoms with Crippen molar-refractivity contribution in [3.63, 3.8) is 0 Å². The van der Waals surface area contributed by atoms with E-state index in [-0.39, 0.29) is 0 Å². The fraction of sp³-hybridized carbons (Fsp3) is 0.692. The van der Waals surface area contributed by atoms with Gasteiger partial charge in [-0.25, -0.2) is 4.98 Å². The third-order valence-electron chi connectivity index (χ3n) is 4.13. The highest BCUT2D eigenvalue weighted by Crippen LogP contribution is 2.38. The third kappa shape index (κ3) is 2.45. The summed E-state index contributed by atoms with van der Waals surface area (Å²) in [6.07, 6.45) is 8.16. The minimum atomic E-state index is 0.480. The zero-order valence-corrected chi connectivity index (χ0v) is 11.4. The lowest BCUT2D eigenvalue weighted by molar-refractivity contribution is 0.191. The monoisotopic (exact) mass is 274 g/mol. The number of aromatic nitrogens is 5. The van der Waals surface area contributed by atoms with Crippen molar-refractivity contribution in [2.75, 3.05) is 6.54 Å². The summed E-state index contributed by atoms with van der Waals surface area (Å²) in [4.78, 5) is 10.9. The first-order chi connectivity index (χ1) is 9.88. The molecule has 1 atom stereocenters. The van der Waals surface area contributed by atoms with Crippen molar-refractivity contribution < 1.29 is 4.52 Å². The first-order valence-corrected chi connectivity index (χ1v) is 7.27. The minimum absolute atomic E-state index is 0.480. The van der Waals surface area contributed by atoms with Gasteiger partial charge in [-0.15, -0.1) is 0 Å². The van der Waals surface area contributed by atoms with Gasteiger partial charge in [-0.1, -0.05) is 5.16 Å². The van der Waals surface area contributed by atoms with E-state index in [9.17, 15) is 0 Å². The van der Waals surface area contributed by atoms with E-state index in [2.05, 4.69) is 25.1 Å². The van der Waals surface area contributed by atoms with Crippen molar-refractivity contribution in [1.82, 2.24) is 29.8 Å². The van der Waals surface area contributed by atoms with Crippen molar-refractivity contribution in [2.24, 2.45) is 0 Å². The number of nitrogens with zero attached hydrogens (tertiary/aromatic N) is 6. The van der Waals surface area contributed by atoms with Crippen LogP contribution in [0, 0.1) is 0 Å². The van der Waals surface area contributed by atoms with Crippen molar-refractivity contribution in [3.05, 3.63) is 24.4 Å². The van der Waals surface area contributed by atoms with Crippen LogP contribution in [-0.4, -0.2) is 42.4 Å². The SMILES string of the molecule is c1ncn(C[C@H]2CCCN2Cc2nc(C3CC3)no2)n1. The fourth-order valence-corrected chi connectivity index (χ4v) is 2.87. The van der Waals surface area contributed by atoms with Gasteiger partial charge in [0.2, 0.25) is 5.89 Å². The summed E-state index contributed by atoms with van der Waals surface area (Å²) >= 11 is 0. The Morgan fingerprint density at radius 1 is 1.30 bits per heavy atom. The second-order valence-electron chi connectivity index (χ2n) is 5.70. The molecule has 2 fully saturated rings. The second-order valence-corrected chi connectivity index (χ2v) is 5.70. The maximum absolute atomic E-state index is 5.37. The second kappa shape index (κ2) is 4.97. The summed E-state index contributed by atoms with van der Waals surface area (Å²) in [5.41, 5.74) is 0. The van der Waals surface area contributed by atoms with Crippen LogP contribution in [-0.2, 0) is 13.1 Å². The summed E-state index contributed by atoms with van der Waals surface area (Å²) in [5.74, 6) is 2.20. The molecule has 0 amide bonds. The molecule has 0 spiro atoms. The van der Waals surface area contributed by atoms with Crippen LogP contribution in [0.1, 0.15) is 43.3 Å². The Morgan fingerprint density at radius 3 is 3.05 bits per heavy atom. The Morgan fingerprint density at radius 2 is 2.25 bits per heavy atom. The van der Waals surface area contributed by atoms with Crippen LogP contribution in [0.4, 0.5) is 0 Å². The van der Waals surface area contributed by atoms with Gasteiger partial charge in [0, 0.05) is 12.0 Å². The van der Waals surface area contributed by atoms with Gasteiger partial charge >= 0.3 is 0 Å². The molecule has 20 heavy (non-hydrogen) atoms. The highest BCUT2D eigenvalue weighted by Gasteiger charge is 2.30. The molecule has 7 heteroatoms. The molecule has 0 unspecified atom stereocenters. The Hall–Kier alpha value is -1.76. The molecule has 0 radical (unpaired) electrons. The van der Waals surface area contributed by atoms with E-state index < -0.39 is 0 Å². The average molecular weight is 274 g/mol. The molecule has 4 rings (SSSR count). The molecule has 1 saturated carbocycles. The number of hydrogen-bond acceptors (Lipinski definition) is 6. The van der Waals surface area contributed by atoms with E-state index in [0.717, 1.165) is 31.3 Å². The van der Waals surface area contributed by atoms with E-state index in [4.69, 9.17) is 4.52 Å². The first kappa shape index (κ1) is 12.0. The van der Waals surface area contributed by atoms with Gasteiger partial charge < -0.3 is 4.52 Å². The lowest BCUT2D eigenvalue weighted by Crippen LogP contribution is -2.32. The van der Waals surface area contributed by atoms with E-state index >= 15 is 0 Å². The van der Waals surface area contributed by atoms with Crippen LogP contribution in [0.25, 0.3) is 0 Å². The lowest BCUT2D eigenvalue weighted by atomic mass is 10.2. The smallest absolute Gasteiger partial charge is 0.240 e. The summed E-state index contributed by atoms with van der Waals surface area (Å²) in [5, 5.41) is 8.26. The van der Waals surface area contributed by atoms with Gasteiger partial charge in [-0.3, -0.25) is 9.58 Å². The third-order valence-corrected chi connectivity index (χ3v) is 4.13. The van der Waals surface area contributed by atoms with E-state index in [0.29, 0.717) is 12.0 Å². The molecule has 0 bridgehead atoms. The predicted octanol–water partition coefficient (Wildman–Crippen LogP) is 1.20. The summed E-state index contributed by atoms with van der Waals surface area (Å²) in [6, 6.07) is 0.480. The van der Waals surface area contributed by atoms with Crippen LogP contribution in [0.3, 0.4) is 0 Å². The standard InChI is InChI=1S/C13H18N6O/c1-2-11(6-19-9-14-8-15-19)18(5-1)7-12-16-13(17-20-12)10-3-4-10/h8-11H,1-7H2/t11-/m1/s1. The van der Waals surface area contributed by atoms with Gasteiger partial charge in [0.15, 0.2) is 5.82 Å². The highest BCUT2D eigenvalue weighted by atomic mass is 16.5. The highest BCUT2D eigenvalue weighted by molar-refractivity contribution is 5.03. The predicted molar refractivity (Wildman–Crippen MR) is 69.7 cm³/mol. The molecule has 0 aromatic carbocycles. The average Bonchev–Trinajstić information content (AvgIpc) is 2.88. The molecule has 1 saturated heterocycles. The summed E-state index contributed by atoms with van der Waals surface area (Å²) < 4.78 is 7.27. The molecule has 0 N–H and O–H groups in total. The Kier molecular flexibility index (Phi) is 2.99. The van der Waals surface area contributed by atoms with Crippen LogP contribution < -0.4 is 0 Å². The molecular weight excluding hydrogens is 256 g/mol. The number of rotatable bonds is 5. The van der Waals surface area contributed by atoms with E-state index in [1.54, 1.807) is 12.7 Å². The van der Waals surface area contributed by atoms with Crippen LogP contribution in [0.5, 0.6) is 0 Å². The molecule has 3 heterocycles. The summed E-state index contributed by atoms with van der Waals surface area (Å²) in [6.45, 7) is 2.71. The van der Waals surface area contributed by atoms with Gasteiger partial charge in [-0.05, 0) is 32.2 Å². The molecular formula is C13H18N6O. The van der Waals surface area contributed by atoms with Crippen molar-refractivity contribution in [2.45, 2.75) is 50.7 Å². The maximum atomic E-state index is 5.37. The molecule has 2 aliphatic rings. The molecule has 106 valence electrons. The van der Waals surface area contributed by atoms with Gasteiger partial charge in [0.25, 0.3) is 0 Å². The maximum Gasteiger partial charge on any atom is 0.240 e. The Labute approximate surface area is 117 Å². The quantitative estimate of drug-likeness (QED) is 0.815. The molecule has 1 aliphatic carbocycles. The zero-order chi connectivity index (χ0) is 13.4. The normalized spacial score (nSPS) is 23.5. The zero-order valence-electron chi connectivity index (χ0n) is 11.4. The van der Waals surface area contributed by atoms with Gasteiger partial charge in [0.1, 0.15) is 12.7 Å². The van der Waals surface area contributed by atoms with E-state index in [1.807, 2.05) is 4.68 Å². The number of hydrogen-bond donors (Lipinski definition) is 0. The molecule has 1 aliphatic heterocycles. The largest absolute Gasteiger partial charge is 0.338 e. The minimum Gasteiger partial charge on any atom is -0.338 e. The molecule has 7 nitrogen and oxygen atoms in total. The Bertz CT molecular complexity index is 561. The van der Waals surface area contributed by atoms with Crippen molar-refractivity contribution in [1.29, 1.82) is 0 Å². The first-order valence-electron chi connectivity index (χ1n) is 7.27. The van der Waals surface area contributed by atoms with Crippen LogP contribution in [0.15, 0.2) is 17.2 Å². The van der Waals surface area contributed by atoms with Crippen LogP contribution >= 0.6 is 0 Å². The van der Waals surface area contributed by atoms with Crippen LogP contribution in [0.2, 0.25) is 0 Å². The van der Waals surface area contributed by atoms with Crippen molar-refractivity contribution >= 4 is 0 Å². The summed E-state index contributed by atoms with van der Waals surface area (Å²) in [7, 11) is 0. The van der Waals surface area contributed by atoms with Gasteiger partial charge in [0.05, 0.1) is 13.1 Å². The van der Waals surface area contributed by atoms with E-state index in [1.165, 1.54) is 25.7 Å². The fourth-order valence-electron chi connectivity index (χ4n) is 2.87. The lowest BCUT2D eigenvalue weighted by Gasteiger charge is -2.22. The molecule has 2 aromatic heterocycles. The topological polar surface area (TPSA) is 72.9 Å². The van der Waals surface area contributed by atoms with Gasteiger partial charge in [-0.2, -0.15) is 10.1 Å². The van der Waals surface area contributed by atoms with Crippen molar-refractivity contribution in [3.8, 4) is 0 Å².